The minimum absolute atomic E-state index is 0.129. The Morgan fingerprint density at radius 2 is 2.09 bits per heavy atom. The van der Waals surface area contributed by atoms with Gasteiger partial charge in [0.05, 0.1) is 6.20 Å². The summed E-state index contributed by atoms with van der Waals surface area (Å²) in [5.74, 6) is -0.452. The van der Waals surface area contributed by atoms with Crippen molar-refractivity contribution in [2.75, 3.05) is 0 Å². The molecule has 0 atom stereocenters. The molecule has 11 heavy (non-hydrogen) atoms. The number of rotatable bonds is 0. The molecule has 1 aromatic heterocycles. The monoisotopic (exact) mass is 220 g/mol. The molecule has 0 amide bonds. The van der Waals surface area contributed by atoms with Gasteiger partial charge in [-0.1, -0.05) is 0 Å². The van der Waals surface area contributed by atoms with Crippen molar-refractivity contribution in [1.82, 2.24) is 9.55 Å². The van der Waals surface area contributed by atoms with Crippen molar-refractivity contribution >= 4 is 15.9 Å². The quantitative estimate of drug-likeness (QED) is 0.658. The molecule has 1 rings (SSSR count). The molecule has 4 heteroatoms. The fraction of sp³-hybridized carbons (Fsp3) is 0.571. The van der Waals surface area contributed by atoms with Crippen LogP contribution in [0.1, 0.15) is 20.8 Å². The number of imidazole rings is 1. The van der Waals surface area contributed by atoms with E-state index in [9.17, 15) is 4.39 Å². The van der Waals surface area contributed by atoms with Crippen LogP contribution in [0.15, 0.2) is 10.9 Å². The van der Waals surface area contributed by atoms with Crippen molar-refractivity contribution < 1.29 is 4.39 Å². The summed E-state index contributed by atoms with van der Waals surface area (Å²) in [6.45, 7) is 5.96. The smallest absolute Gasteiger partial charge is 0.231 e. The van der Waals surface area contributed by atoms with Crippen LogP contribution in [0.25, 0.3) is 0 Å². The SMILES string of the molecule is CC(C)(C)n1cc(F)nc1Br. The molecule has 0 fully saturated rings. The minimum atomic E-state index is -0.452. The third-order valence-electron chi connectivity index (χ3n) is 1.36. The van der Waals surface area contributed by atoms with Crippen molar-refractivity contribution in [2.24, 2.45) is 0 Å². The van der Waals surface area contributed by atoms with Crippen LogP contribution in [0.5, 0.6) is 0 Å². The van der Waals surface area contributed by atoms with E-state index in [1.54, 1.807) is 4.57 Å². The summed E-state index contributed by atoms with van der Waals surface area (Å²) in [5.41, 5.74) is -0.129. The molecule has 62 valence electrons. The van der Waals surface area contributed by atoms with Crippen molar-refractivity contribution in [3.05, 3.63) is 16.9 Å². The molecular formula is C7H10BrFN2. The van der Waals surface area contributed by atoms with Crippen LogP contribution < -0.4 is 0 Å². The van der Waals surface area contributed by atoms with Crippen LogP contribution in [0.4, 0.5) is 4.39 Å². The van der Waals surface area contributed by atoms with Crippen molar-refractivity contribution in [1.29, 1.82) is 0 Å². The molecule has 0 saturated carbocycles. The first kappa shape index (κ1) is 8.71. The molecule has 0 aliphatic carbocycles. The van der Waals surface area contributed by atoms with E-state index in [0.717, 1.165) is 0 Å². The molecule has 0 aromatic carbocycles. The first-order chi connectivity index (χ1) is 4.91. The van der Waals surface area contributed by atoms with Gasteiger partial charge < -0.3 is 4.57 Å². The predicted octanol–water partition coefficient (Wildman–Crippen LogP) is 2.54. The van der Waals surface area contributed by atoms with E-state index in [1.807, 2.05) is 20.8 Å². The maximum absolute atomic E-state index is 12.6. The number of hydrogen-bond donors (Lipinski definition) is 0. The zero-order valence-electron chi connectivity index (χ0n) is 6.73. The average molecular weight is 221 g/mol. The summed E-state index contributed by atoms with van der Waals surface area (Å²) < 4.78 is 14.8. The second-order valence-corrected chi connectivity index (χ2v) is 4.08. The Kier molecular flexibility index (Phi) is 2.05. The first-order valence-corrected chi connectivity index (χ1v) is 4.11. The molecule has 0 spiro atoms. The van der Waals surface area contributed by atoms with Gasteiger partial charge in [-0.15, -0.1) is 0 Å². The van der Waals surface area contributed by atoms with Crippen LogP contribution in [-0.4, -0.2) is 9.55 Å². The normalized spacial score (nSPS) is 12.1. The summed E-state index contributed by atoms with van der Waals surface area (Å²) in [4.78, 5) is 3.59. The van der Waals surface area contributed by atoms with Crippen molar-refractivity contribution in [2.45, 2.75) is 26.3 Å². The lowest BCUT2D eigenvalue weighted by Gasteiger charge is -2.20. The summed E-state index contributed by atoms with van der Waals surface area (Å²) in [5, 5.41) is 0. The molecular weight excluding hydrogens is 211 g/mol. The molecule has 0 aliphatic rings. The van der Waals surface area contributed by atoms with Crippen LogP contribution in [-0.2, 0) is 5.54 Å². The Morgan fingerprint density at radius 1 is 1.55 bits per heavy atom. The van der Waals surface area contributed by atoms with Crippen LogP contribution in [0.2, 0.25) is 0 Å². The molecule has 2 nitrogen and oxygen atoms in total. The summed E-state index contributed by atoms with van der Waals surface area (Å²) in [7, 11) is 0. The van der Waals surface area contributed by atoms with E-state index < -0.39 is 5.95 Å². The number of nitrogens with zero attached hydrogens (tertiary/aromatic N) is 2. The Labute approximate surface area is 73.6 Å². The fourth-order valence-electron chi connectivity index (χ4n) is 0.801. The lowest BCUT2D eigenvalue weighted by molar-refractivity contribution is 0.387. The standard InChI is InChI=1S/C7H10BrFN2/c1-7(2,3)11-4-5(9)10-6(11)8/h4H,1-3H3. The zero-order valence-corrected chi connectivity index (χ0v) is 8.31. The van der Waals surface area contributed by atoms with Gasteiger partial charge >= 0.3 is 0 Å². The topological polar surface area (TPSA) is 17.8 Å². The highest BCUT2D eigenvalue weighted by molar-refractivity contribution is 9.10. The van der Waals surface area contributed by atoms with E-state index in [-0.39, 0.29) is 5.54 Å². The van der Waals surface area contributed by atoms with Crippen molar-refractivity contribution in [3.8, 4) is 0 Å². The average Bonchev–Trinajstić information content (AvgIpc) is 2.08. The molecule has 0 N–H and O–H groups in total. The number of halogens is 2. The lowest BCUT2D eigenvalue weighted by Crippen LogP contribution is -2.20. The summed E-state index contributed by atoms with van der Waals surface area (Å²) in [6.07, 6.45) is 1.38. The largest absolute Gasteiger partial charge is 0.317 e. The van der Waals surface area contributed by atoms with E-state index in [0.29, 0.717) is 4.73 Å². The van der Waals surface area contributed by atoms with Crippen molar-refractivity contribution in [3.63, 3.8) is 0 Å². The Balaban J connectivity index is 3.13. The maximum atomic E-state index is 12.6. The number of aromatic nitrogens is 2. The second-order valence-electron chi connectivity index (χ2n) is 3.37. The van der Waals surface area contributed by atoms with Crippen LogP contribution in [0.3, 0.4) is 0 Å². The second kappa shape index (κ2) is 2.59. The molecule has 0 aliphatic heterocycles. The minimum Gasteiger partial charge on any atom is -0.317 e. The summed E-state index contributed by atoms with van der Waals surface area (Å²) in [6, 6.07) is 0. The molecule has 1 heterocycles. The third kappa shape index (κ3) is 1.80. The molecule has 0 saturated heterocycles. The Hall–Kier alpha value is -0.380. The fourth-order valence-corrected chi connectivity index (χ4v) is 1.60. The van der Waals surface area contributed by atoms with Crippen LogP contribution in [0, 0.1) is 5.95 Å². The third-order valence-corrected chi connectivity index (χ3v) is 1.92. The molecule has 0 bridgehead atoms. The number of hydrogen-bond acceptors (Lipinski definition) is 1. The maximum Gasteiger partial charge on any atom is 0.231 e. The molecule has 0 unspecified atom stereocenters. The van der Waals surface area contributed by atoms with E-state index in [4.69, 9.17) is 0 Å². The van der Waals surface area contributed by atoms with E-state index >= 15 is 0 Å². The Morgan fingerprint density at radius 3 is 2.27 bits per heavy atom. The van der Waals surface area contributed by atoms with Crippen LogP contribution >= 0.6 is 15.9 Å². The highest BCUT2D eigenvalue weighted by atomic mass is 79.9. The van der Waals surface area contributed by atoms with Gasteiger partial charge in [-0.2, -0.15) is 9.37 Å². The van der Waals surface area contributed by atoms with E-state index in [1.165, 1.54) is 6.20 Å². The van der Waals surface area contributed by atoms with Gasteiger partial charge in [0.25, 0.3) is 0 Å². The first-order valence-electron chi connectivity index (χ1n) is 3.32. The zero-order chi connectivity index (χ0) is 8.65. The lowest BCUT2D eigenvalue weighted by atomic mass is 10.1. The highest BCUT2D eigenvalue weighted by Gasteiger charge is 2.17. The van der Waals surface area contributed by atoms with Gasteiger partial charge in [-0.25, -0.2) is 0 Å². The van der Waals surface area contributed by atoms with Gasteiger partial charge in [-0.3, -0.25) is 0 Å². The van der Waals surface area contributed by atoms with Gasteiger partial charge in [0, 0.05) is 5.54 Å². The molecule has 1 aromatic rings. The van der Waals surface area contributed by atoms with Gasteiger partial charge in [-0.05, 0) is 36.7 Å². The van der Waals surface area contributed by atoms with Gasteiger partial charge in [0.1, 0.15) is 0 Å². The van der Waals surface area contributed by atoms with E-state index in [2.05, 4.69) is 20.9 Å². The Bertz CT molecular complexity index is 262. The highest BCUT2D eigenvalue weighted by Crippen LogP contribution is 2.20. The molecule has 0 radical (unpaired) electrons. The summed E-state index contributed by atoms with van der Waals surface area (Å²) >= 11 is 3.16. The van der Waals surface area contributed by atoms with Gasteiger partial charge in [0.15, 0.2) is 4.73 Å². The van der Waals surface area contributed by atoms with Gasteiger partial charge in [0.2, 0.25) is 5.95 Å². The predicted molar refractivity (Wildman–Crippen MR) is 44.9 cm³/mol.